The van der Waals surface area contributed by atoms with Crippen LogP contribution in [0.1, 0.15) is 49.3 Å². The van der Waals surface area contributed by atoms with E-state index in [0.29, 0.717) is 16.6 Å². The Morgan fingerprint density at radius 1 is 1.05 bits per heavy atom. The molecule has 0 spiro atoms. The summed E-state index contributed by atoms with van der Waals surface area (Å²) in [6, 6.07) is 10.8. The van der Waals surface area contributed by atoms with Crippen LogP contribution in [0.15, 0.2) is 52.0 Å². The normalized spacial score (nSPS) is 16.7. The Morgan fingerprint density at radius 2 is 1.77 bits per heavy atom. The Labute approximate surface area is 131 Å². The van der Waals surface area contributed by atoms with Crippen LogP contribution in [0.4, 0.5) is 0 Å². The molecule has 0 radical (unpaired) electrons. The van der Waals surface area contributed by atoms with Crippen molar-refractivity contribution in [1.82, 2.24) is 4.72 Å². The fourth-order valence-corrected chi connectivity index (χ4v) is 4.01. The molecule has 0 amide bonds. The maximum absolute atomic E-state index is 12.3. The van der Waals surface area contributed by atoms with Crippen LogP contribution < -0.4 is 4.72 Å². The molecule has 5 heteroatoms. The first kappa shape index (κ1) is 15.3. The van der Waals surface area contributed by atoms with Gasteiger partial charge in [0.2, 0.25) is 10.0 Å². The molecule has 1 aliphatic carbocycles. The van der Waals surface area contributed by atoms with E-state index in [4.69, 9.17) is 4.42 Å². The molecule has 22 heavy (non-hydrogen) atoms. The molecule has 0 unspecified atom stereocenters. The van der Waals surface area contributed by atoms with Crippen molar-refractivity contribution in [2.75, 3.05) is 0 Å². The lowest BCUT2D eigenvalue weighted by Crippen LogP contribution is -2.23. The number of rotatable bonds is 5. The van der Waals surface area contributed by atoms with E-state index in [0.717, 1.165) is 0 Å². The fourth-order valence-electron chi connectivity index (χ4n) is 3.02. The minimum Gasteiger partial charge on any atom is -0.468 e. The van der Waals surface area contributed by atoms with Crippen molar-refractivity contribution in [3.63, 3.8) is 0 Å². The van der Waals surface area contributed by atoms with E-state index in [1.807, 2.05) is 12.1 Å². The van der Waals surface area contributed by atoms with Crippen molar-refractivity contribution in [2.45, 2.75) is 49.5 Å². The van der Waals surface area contributed by atoms with E-state index in [1.54, 1.807) is 24.3 Å². The molecule has 0 atom stereocenters. The summed E-state index contributed by atoms with van der Waals surface area (Å²) < 4.78 is 32.2. The van der Waals surface area contributed by atoms with E-state index >= 15 is 0 Å². The summed E-state index contributed by atoms with van der Waals surface area (Å²) >= 11 is 0. The molecule has 2 aromatic rings. The van der Waals surface area contributed by atoms with Crippen molar-refractivity contribution in [1.29, 1.82) is 0 Å². The van der Waals surface area contributed by atoms with Gasteiger partial charge in [0.1, 0.15) is 5.76 Å². The van der Waals surface area contributed by atoms with Crippen LogP contribution in [0.25, 0.3) is 0 Å². The largest absolute Gasteiger partial charge is 0.468 e. The highest BCUT2D eigenvalue weighted by Gasteiger charge is 2.18. The van der Waals surface area contributed by atoms with Gasteiger partial charge in [-0.3, -0.25) is 0 Å². The molecule has 1 N–H and O–H groups in total. The molecular formula is C17H21NO3S. The number of sulfonamides is 1. The van der Waals surface area contributed by atoms with Crippen molar-refractivity contribution >= 4 is 10.0 Å². The average Bonchev–Trinajstić information content (AvgIpc) is 3.08. The molecule has 0 saturated heterocycles. The van der Waals surface area contributed by atoms with Gasteiger partial charge >= 0.3 is 0 Å². The van der Waals surface area contributed by atoms with E-state index in [9.17, 15) is 8.42 Å². The first-order valence-electron chi connectivity index (χ1n) is 7.77. The molecule has 1 aromatic carbocycles. The van der Waals surface area contributed by atoms with Crippen LogP contribution in [0, 0.1) is 0 Å². The predicted octanol–water partition coefficient (Wildman–Crippen LogP) is 3.81. The van der Waals surface area contributed by atoms with Gasteiger partial charge in [-0.15, -0.1) is 0 Å². The lowest BCUT2D eigenvalue weighted by molar-refractivity contribution is 0.443. The van der Waals surface area contributed by atoms with Crippen molar-refractivity contribution in [2.24, 2.45) is 0 Å². The zero-order valence-electron chi connectivity index (χ0n) is 12.5. The quantitative estimate of drug-likeness (QED) is 0.911. The van der Waals surface area contributed by atoms with Crippen LogP contribution >= 0.6 is 0 Å². The molecule has 1 aliphatic rings. The highest BCUT2D eigenvalue weighted by Crippen LogP contribution is 2.32. The zero-order chi connectivity index (χ0) is 15.4. The molecule has 0 aliphatic heterocycles. The number of furan rings is 1. The van der Waals surface area contributed by atoms with Crippen LogP contribution in [0.2, 0.25) is 0 Å². The van der Waals surface area contributed by atoms with Gasteiger partial charge in [0.15, 0.2) is 0 Å². The summed E-state index contributed by atoms with van der Waals surface area (Å²) in [4.78, 5) is 0.304. The molecule has 0 bridgehead atoms. The SMILES string of the molecule is O=S(=O)(NCc1ccco1)c1ccc(C2CCCCC2)cc1. The Bertz CT molecular complexity index is 684. The first-order valence-corrected chi connectivity index (χ1v) is 9.25. The van der Waals surface area contributed by atoms with E-state index in [2.05, 4.69) is 4.72 Å². The molecule has 1 heterocycles. The minimum atomic E-state index is -3.49. The highest BCUT2D eigenvalue weighted by atomic mass is 32.2. The van der Waals surface area contributed by atoms with Gasteiger partial charge in [-0.2, -0.15) is 0 Å². The molecular weight excluding hydrogens is 298 g/mol. The third-order valence-electron chi connectivity index (χ3n) is 4.28. The molecule has 1 fully saturated rings. The molecule has 4 nitrogen and oxygen atoms in total. The fraction of sp³-hybridized carbons (Fsp3) is 0.412. The summed E-state index contributed by atoms with van der Waals surface area (Å²) in [5.41, 5.74) is 1.25. The predicted molar refractivity (Wildman–Crippen MR) is 85.0 cm³/mol. The maximum Gasteiger partial charge on any atom is 0.240 e. The van der Waals surface area contributed by atoms with Crippen molar-refractivity contribution in [3.05, 3.63) is 54.0 Å². The molecule has 1 aromatic heterocycles. The van der Waals surface area contributed by atoms with Crippen LogP contribution in [-0.4, -0.2) is 8.42 Å². The molecule has 3 rings (SSSR count). The lowest BCUT2D eigenvalue weighted by atomic mass is 9.84. The Hall–Kier alpha value is -1.59. The lowest BCUT2D eigenvalue weighted by Gasteiger charge is -2.22. The molecule has 1 saturated carbocycles. The van der Waals surface area contributed by atoms with Crippen molar-refractivity contribution < 1.29 is 12.8 Å². The number of hydrogen-bond acceptors (Lipinski definition) is 3. The number of benzene rings is 1. The monoisotopic (exact) mass is 319 g/mol. The number of nitrogens with one attached hydrogen (secondary N) is 1. The number of hydrogen-bond donors (Lipinski definition) is 1. The Kier molecular flexibility index (Phi) is 4.64. The third-order valence-corrected chi connectivity index (χ3v) is 5.70. The van der Waals surface area contributed by atoms with Crippen LogP contribution in [0.5, 0.6) is 0 Å². The Morgan fingerprint density at radius 3 is 2.41 bits per heavy atom. The van der Waals surface area contributed by atoms with Gasteiger partial charge in [0.05, 0.1) is 17.7 Å². The summed E-state index contributed by atoms with van der Waals surface area (Å²) in [6.07, 6.45) is 7.82. The third kappa shape index (κ3) is 3.59. The zero-order valence-corrected chi connectivity index (χ0v) is 13.3. The summed E-state index contributed by atoms with van der Waals surface area (Å²) in [7, 11) is -3.49. The second kappa shape index (κ2) is 6.67. The van der Waals surface area contributed by atoms with Gasteiger partial charge in [0, 0.05) is 0 Å². The standard InChI is InChI=1S/C17H21NO3S/c19-22(20,18-13-16-7-4-12-21-16)17-10-8-15(9-11-17)14-5-2-1-3-6-14/h4,7-12,14,18H,1-3,5-6,13H2. The second-order valence-corrected chi connectivity index (χ2v) is 7.57. The van der Waals surface area contributed by atoms with Gasteiger partial charge in [0.25, 0.3) is 0 Å². The van der Waals surface area contributed by atoms with Gasteiger partial charge < -0.3 is 4.42 Å². The van der Waals surface area contributed by atoms with Crippen molar-refractivity contribution in [3.8, 4) is 0 Å². The second-order valence-electron chi connectivity index (χ2n) is 5.81. The maximum atomic E-state index is 12.3. The first-order chi connectivity index (χ1) is 10.6. The van der Waals surface area contributed by atoms with E-state index in [1.165, 1.54) is 43.9 Å². The highest BCUT2D eigenvalue weighted by molar-refractivity contribution is 7.89. The van der Waals surface area contributed by atoms with Crippen LogP contribution in [-0.2, 0) is 16.6 Å². The average molecular weight is 319 g/mol. The Balaban J connectivity index is 1.68. The van der Waals surface area contributed by atoms with E-state index in [-0.39, 0.29) is 6.54 Å². The summed E-state index contributed by atoms with van der Waals surface area (Å²) in [5.74, 6) is 1.18. The summed E-state index contributed by atoms with van der Waals surface area (Å²) in [6.45, 7) is 0.166. The summed E-state index contributed by atoms with van der Waals surface area (Å²) in [5, 5.41) is 0. The van der Waals surface area contributed by atoms with Crippen LogP contribution in [0.3, 0.4) is 0 Å². The topological polar surface area (TPSA) is 59.3 Å². The van der Waals surface area contributed by atoms with E-state index < -0.39 is 10.0 Å². The minimum absolute atomic E-state index is 0.166. The van der Waals surface area contributed by atoms with Gasteiger partial charge in [-0.1, -0.05) is 31.4 Å². The molecule has 118 valence electrons. The van der Waals surface area contributed by atoms with Gasteiger partial charge in [-0.25, -0.2) is 13.1 Å². The smallest absolute Gasteiger partial charge is 0.240 e. The van der Waals surface area contributed by atoms with Gasteiger partial charge in [-0.05, 0) is 48.6 Å².